The summed E-state index contributed by atoms with van der Waals surface area (Å²) in [7, 11) is 9.75. The number of carbonyl (C=O) groups is 9. The Bertz CT molecular complexity index is 3070. The highest BCUT2D eigenvalue weighted by Gasteiger charge is 2.22. The van der Waals surface area contributed by atoms with Crippen molar-refractivity contribution in [2.24, 2.45) is 48.0 Å². The summed E-state index contributed by atoms with van der Waals surface area (Å²) in [6.45, 7) is 2.09. The third-order valence-electron chi connectivity index (χ3n) is 10.9. The first-order chi connectivity index (χ1) is 34.2. The predicted molar refractivity (Wildman–Crippen MR) is 266 cm³/mol. The number of imidazole rings is 1. The normalized spacial score (nSPS) is 10.8. The van der Waals surface area contributed by atoms with E-state index in [0.29, 0.717) is 47.9 Å². The summed E-state index contributed by atoms with van der Waals surface area (Å²) in [5, 5.41) is 24.2. The van der Waals surface area contributed by atoms with Crippen LogP contribution in [0.5, 0.6) is 0 Å². The largest absolute Gasteiger partial charge is 0.355 e. The van der Waals surface area contributed by atoms with Gasteiger partial charge in [-0.25, -0.2) is 4.98 Å². The number of nitrogens with one attached hydrogen (secondary N) is 9. The molecule has 0 fully saturated rings. The van der Waals surface area contributed by atoms with E-state index < -0.39 is 35.4 Å². The fourth-order valence-corrected chi connectivity index (χ4v) is 7.39. The average molecular weight is 992 g/mol. The van der Waals surface area contributed by atoms with E-state index >= 15 is 0 Å². The quantitative estimate of drug-likeness (QED) is 0.0460. The summed E-state index contributed by atoms with van der Waals surface area (Å²) in [5.74, 6) is -3.82. The highest BCUT2D eigenvalue weighted by molar-refractivity contribution is 6.09. The number of amides is 9. The number of hydrogen-bond acceptors (Lipinski definition) is 11. The number of nitrogens with zero attached hydrogens (tertiary/aromatic N) is 7. The Morgan fingerprint density at radius 2 is 0.833 bits per heavy atom. The molecule has 6 aromatic rings. The molecule has 380 valence electrons. The van der Waals surface area contributed by atoms with Crippen molar-refractivity contribution in [2.45, 2.75) is 26.2 Å². The second-order valence-electron chi connectivity index (χ2n) is 16.8. The lowest BCUT2D eigenvalue weighted by molar-refractivity contribution is -0.120. The van der Waals surface area contributed by atoms with Crippen molar-refractivity contribution >= 4 is 87.4 Å². The first-order valence-corrected chi connectivity index (χ1v) is 22.4. The molecule has 72 heavy (non-hydrogen) atoms. The van der Waals surface area contributed by atoms with Crippen molar-refractivity contribution in [1.29, 1.82) is 0 Å². The number of rotatable bonds is 21. The van der Waals surface area contributed by atoms with Crippen molar-refractivity contribution in [2.75, 3.05) is 58.1 Å². The summed E-state index contributed by atoms with van der Waals surface area (Å²) in [4.78, 5) is 119. The van der Waals surface area contributed by atoms with Crippen LogP contribution in [0.25, 0.3) is 0 Å². The Labute approximate surface area is 412 Å². The van der Waals surface area contributed by atoms with Crippen LogP contribution in [0.1, 0.15) is 89.2 Å². The van der Waals surface area contributed by atoms with Crippen molar-refractivity contribution in [3.05, 3.63) is 102 Å². The maximum absolute atomic E-state index is 13.3. The van der Waals surface area contributed by atoms with E-state index in [1.54, 1.807) is 73.3 Å². The number of aryl methyl sites for hydroxylation is 6. The Balaban J connectivity index is 0.930. The first kappa shape index (κ1) is 52.2. The van der Waals surface area contributed by atoms with Crippen molar-refractivity contribution in [3.8, 4) is 0 Å². The zero-order valence-corrected chi connectivity index (χ0v) is 40.7. The summed E-state index contributed by atoms with van der Waals surface area (Å²) in [6.07, 6.45) is 10.2. The van der Waals surface area contributed by atoms with Gasteiger partial charge in [0.15, 0.2) is 5.82 Å². The van der Waals surface area contributed by atoms with Crippen LogP contribution in [0.2, 0.25) is 0 Å². The van der Waals surface area contributed by atoms with Gasteiger partial charge in [0.05, 0.1) is 35.0 Å². The average Bonchev–Trinajstić information content (AvgIpc) is 4.17. The number of aromatic nitrogens is 7. The van der Waals surface area contributed by atoms with E-state index in [-0.39, 0.29) is 83.8 Å². The zero-order chi connectivity index (χ0) is 52.4. The van der Waals surface area contributed by atoms with Gasteiger partial charge in [0.25, 0.3) is 35.4 Å². The Kier molecular flexibility index (Phi) is 16.6. The molecule has 26 nitrogen and oxygen atoms in total. The minimum Gasteiger partial charge on any atom is -0.355 e. The van der Waals surface area contributed by atoms with E-state index in [4.69, 9.17) is 5.73 Å². The Hall–Kier alpha value is -9.20. The van der Waals surface area contributed by atoms with Gasteiger partial charge in [0.1, 0.15) is 28.5 Å². The molecule has 0 spiro atoms. The van der Waals surface area contributed by atoms with Crippen molar-refractivity contribution in [3.63, 3.8) is 0 Å². The van der Waals surface area contributed by atoms with Gasteiger partial charge >= 0.3 is 0 Å². The fraction of sp³-hybridized carbons (Fsp3) is 0.304. The van der Waals surface area contributed by atoms with Crippen LogP contribution in [0.15, 0.2) is 67.5 Å². The summed E-state index contributed by atoms with van der Waals surface area (Å²) >= 11 is 0. The van der Waals surface area contributed by atoms with Gasteiger partial charge in [-0.05, 0) is 49.7 Å². The molecular formula is C46H57N17O9. The molecule has 0 saturated carbocycles. The molecule has 6 rings (SSSR count). The van der Waals surface area contributed by atoms with Crippen molar-refractivity contribution < 1.29 is 43.2 Å². The smallest absolute Gasteiger partial charge is 0.291 e. The monoisotopic (exact) mass is 991 g/mol. The number of hydrogen-bond donors (Lipinski definition) is 10. The molecule has 0 aliphatic heterocycles. The van der Waals surface area contributed by atoms with Gasteiger partial charge in [-0.3, -0.25) is 43.2 Å². The highest BCUT2D eigenvalue weighted by atomic mass is 16.2. The third kappa shape index (κ3) is 13.3. The van der Waals surface area contributed by atoms with Crippen LogP contribution in [-0.4, -0.2) is 112 Å². The third-order valence-corrected chi connectivity index (χ3v) is 10.9. The maximum atomic E-state index is 13.3. The molecule has 9 amide bonds. The molecule has 11 N–H and O–H groups in total. The van der Waals surface area contributed by atoms with E-state index in [9.17, 15) is 43.2 Å². The van der Waals surface area contributed by atoms with Crippen LogP contribution in [-0.2, 0) is 56.7 Å². The topological polar surface area (TPSA) is 330 Å². The van der Waals surface area contributed by atoms with Crippen LogP contribution >= 0.6 is 0 Å². The van der Waals surface area contributed by atoms with Crippen LogP contribution in [0, 0.1) is 0 Å². The minimum atomic E-state index is -0.557. The zero-order valence-electron chi connectivity index (χ0n) is 40.7. The molecule has 0 atom stereocenters. The SMILES string of the molecule is CC(=O)Nc1cn(C)c(C(=O)Nc2cc(C(=O)Nc3cc(C(=O)NCCCC(=O)Nc4cc(C(=O)Nc5cc(C(=O)Nc6cc(C(=O)NCC(=O)NCCCN)n(C)c6)n(C)c5)n(C)c4)n(C)c3)n(C)c2)n1. The number of carbonyl (C=O) groups excluding carboxylic acids is 9. The van der Waals surface area contributed by atoms with Gasteiger partial charge in [-0.1, -0.05) is 0 Å². The van der Waals surface area contributed by atoms with Crippen LogP contribution in [0.4, 0.5) is 34.3 Å². The molecule has 0 unspecified atom stereocenters. The van der Waals surface area contributed by atoms with Gasteiger partial charge in [0, 0.05) is 106 Å². The second-order valence-corrected chi connectivity index (χ2v) is 16.8. The van der Waals surface area contributed by atoms with Gasteiger partial charge in [0.2, 0.25) is 23.5 Å². The standard InChI is InChI=1S/C46H57N17O9/c1-26(64)51-37-25-63(7)40(57-37)46(72)56-31-18-36(62(6)24-31)45(71)53-28-15-32(58(2)21-28)41(67)49-12-8-10-38(65)52-27-14-34(60(4)20-27)43(69)55-30-17-35(61(5)23-30)44(70)54-29-16-33(59(3)22-29)42(68)50-19-39(66)48-13-9-11-47/h14-18,20-25H,8-13,19,47H2,1-7H3,(H,48,66)(H,49,67)(H,50,68)(H,51,64)(H,52,65)(H,53,71)(H,54,70)(H,55,69)(H,56,72). The molecule has 0 aromatic carbocycles. The van der Waals surface area contributed by atoms with E-state index in [1.807, 2.05) is 0 Å². The number of anilines is 6. The first-order valence-electron chi connectivity index (χ1n) is 22.4. The van der Waals surface area contributed by atoms with E-state index in [0.717, 1.165) is 0 Å². The molecule has 6 aromatic heterocycles. The Morgan fingerprint density at radius 3 is 1.26 bits per heavy atom. The summed E-state index contributed by atoms with van der Waals surface area (Å²) < 4.78 is 9.08. The van der Waals surface area contributed by atoms with Crippen LogP contribution in [0.3, 0.4) is 0 Å². The lowest BCUT2D eigenvalue weighted by Gasteiger charge is -2.06. The minimum absolute atomic E-state index is 0.0397. The van der Waals surface area contributed by atoms with E-state index in [1.165, 1.54) is 70.9 Å². The van der Waals surface area contributed by atoms with E-state index in [2.05, 4.69) is 52.8 Å². The molecule has 0 aliphatic rings. The molecule has 0 aliphatic carbocycles. The fourth-order valence-electron chi connectivity index (χ4n) is 7.39. The molecule has 6 heterocycles. The number of nitrogens with two attached hydrogens (primary N) is 1. The van der Waals surface area contributed by atoms with Crippen LogP contribution < -0.4 is 53.6 Å². The summed E-state index contributed by atoms with van der Waals surface area (Å²) in [6, 6.07) is 7.43. The highest BCUT2D eigenvalue weighted by Crippen LogP contribution is 2.22. The molecule has 0 saturated heterocycles. The maximum Gasteiger partial charge on any atom is 0.291 e. The Morgan fingerprint density at radius 1 is 0.444 bits per heavy atom. The molecule has 26 heteroatoms. The van der Waals surface area contributed by atoms with Crippen molar-refractivity contribution in [1.82, 2.24) is 48.3 Å². The lowest BCUT2D eigenvalue weighted by atomic mass is 10.2. The molecule has 0 bridgehead atoms. The van der Waals surface area contributed by atoms with Gasteiger partial charge in [-0.2, -0.15) is 0 Å². The summed E-state index contributed by atoms with van der Waals surface area (Å²) in [5.41, 5.74) is 8.21. The molecular weight excluding hydrogens is 935 g/mol. The predicted octanol–water partition coefficient (Wildman–Crippen LogP) is 1.42. The molecule has 0 radical (unpaired) electrons. The van der Waals surface area contributed by atoms with Gasteiger partial charge < -0.3 is 81.0 Å². The second kappa shape index (κ2) is 22.9. The van der Waals surface area contributed by atoms with Gasteiger partial charge in [-0.15, -0.1) is 0 Å². The lowest BCUT2D eigenvalue weighted by Crippen LogP contribution is -2.38.